The first kappa shape index (κ1) is 14.6. The van der Waals surface area contributed by atoms with Crippen LogP contribution < -0.4 is 10.6 Å². The van der Waals surface area contributed by atoms with Crippen LogP contribution in [0.15, 0.2) is 24.3 Å². The Morgan fingerprint density at radius 2 is 2.06 bits per heavy atom. The Morgan fingerprint density at radius 3 is 2.72 bits per heavy atom. The van der Waals surface area contributed by atoms with Gasteiger partial charge in [0.15, 0.2) is 0 Å². The molecule has 0 spiro atoms. The van der Waals surface area contributed by atoms with Crippen molar-refractivity contribution in [1.29, 1.82) is 0 Å². The fourth-order valence-corrected chi connectivity index (χ4v) is 1.62. The molecule has 1 aromatic rings. The molecule has 0 fully saturated rings. The van der Waals surface area contributed by atoms with Crippen LogP contribution in [0, 0.1) is 5.82 Å². The monoisotopic (exact) mass is 252 g/mol. The van der Waals surface area contributed by atoms with Crippen LogP contribution >= 0.6 is 0 Å². The van der Waals surface area contributed by atoms with E-state index >= 15 is 0 Å². The second-order valence-corrected chi connectivity index (χ2v) is 4.31. The lowest BCUT2D eigenvalue weighted by molar-refractivity contribution is -0.122. The van der Waals surface area contributed by atoms with Gasteiger partial charge in [-0.3, -0.25) is 4.79 Å². The molecule has 0 aliphatic carbocycles. The first-order valence-corrected chi connectivity index (χ1v) is 6.39. The number of hydrogen-bond acceptors (Lipinski definition) is 2. The summed E-state index contributed by atoms with van der Waals surface area (Å²) in [5.41, 5.74) is 0.672. The van der Waals surface area contributed by atoms with Gasteiger partial charge in [-0.1, -0.05) is 25.1 Å². The van der Waals surface area contributed by atoms with Crippen molar-refractivity contribution in [2.75, 3.05) is 13.1 Å². The Morgan fingerprint density at radius 1 is 1.33 bits per heavy atom. The summed E-state index contributed by atoms with van der Waals surface area (Å²) in [7, 11) is 0. The molecule has 0 saturated heterocycles. The molecule has 1 aromatic carbocycles. The van der Waals surface area contributed by atoms with E-state index in [0.717, 1.165) is 6.42 Å². The minimum atomic E-state index is -0.247. The van der Waals surface area contributed by atoms with Crippen LogP contribution in [0.3, 0.4) is 0 Å². The van der Waals surface area contributed by atoms with Crippen LogP contribution in [0.25, 0.3) is 0 Å². The van der Waals surface area contributed by atoms with Crippen LogP contribution in [0.5, 0.6) is 0 Å². The summed E-state index contributed by atoms with van der Waals surface area (Å²) in [4.78, 5) is 11.6. The van der Waals surface area contributed by atoms with E-state index in [9.17, 15) is 9.18 Å². The number of benzene rings is 1. The first-order chi connectivity index (χ1) is 8.65. The summed E-state index contributed by atoms with van der Waals surface area (Å²) >= 11 is 0. The van der Waals surface area contributed by atoms with Crippen LogP contribution in [0.2, 0.25) is 0 Å². The van der Waals surface area contributed by atoms with E-state index in [1.54, 1.807) is 12.1 Å². The molecule has 0 aliphatic heterocycles. The van der Waals surface area contributed by atoms with Gasteiger partial charge in [-0.25, -0.2) is 4.39 Å². The molecular formula is C14H21FN2O. The van der Waals surface area contributed by atoms with Crippen molar-refractivity contribution >= 4 is 5.91 Å². The molecule has 0 bridgehead atoms. The Bertz CT molecular complexity index is 382. The Kier molecular flexibility index (Phi) is 6.36. The normalized spacial score (nSPS) is 12.2. The van der Waals surface area contributed by atoms with Crippen molar-refractivity contribution in [2.45, 2.75) is 32.7 Å². The van der Waals surface area contributed by atoms with Gasteiger partial charge in [-0.05, 0) is 31.4 Å². The molecule has 2 N–H and O–H groups in total. The molecule has 1 amide bonds. The molecule has 1 atom stereocenters. The topological polar surface area (TPSA) is 41.1 Å². The third-order valence-electron chi connectivity index (χ3n) is 2.75. The molecule has 3 nitrogen and oxygen atoms in total. The van der Waals surface area contributed by atoms with E-state index in [4.69, 9.17) is 0 Å². The number of rotatable bonds is 7. The van der Waals surface area contributed by atoms with Crippen molar-refractivity contribution in [3.8, 4) is 0 Å². The maximum Gasteiger partial charge on any atom is 0.236 e. The fourth-order valence-electron chi connectivity index (χ4n) is 1.62. The molecule has 0 aromatic heterocycles. The fraction of sp³-hybridized carbons (Fsp3) is 0.500. The molecule has 0 aliphatic rings. The molecular weight excluding hydrogens is 231 g/mol. The smallest absolute Gasteiger partial charge is 0.236 e. The molecule has 4 heteroatoms. The highest BCUT2D eigenvalue weighted by atomic mass is 19.1. The second-order valence-electron chi connectivity index (χ2n) is 4.31. The van der Waals surface area contributed by atoms with Gasteiger partial charge in [0.1, 0.15) is 5.82 Å². The first-order valence-electron chi connectivity index (χ1n) is 6.39. The highest BCUT2D eigenvalue weighted by Crippen LogP contribution is 2.06. The van der Waals surface area contributed by atoms with Crippen LogP contribution in [-0.4, -0.2) is 25.0 Å². The average molecular weight is 252 g/mol. The molecule has 0 heterocycles. The lowest BCUT2D eigenvalue weighted by atomic mass is 10.1. The summed E-state index contributed by atoms with van der Waals surface area (Å²) in [5.74, 6) is -0.201. The molecule has 0 saturated carbocycles. The highest BCUT2D eigenvalue weighted by Gasteiger charge is 2.10. The molecule has 0 radical (unpaired) electrons. The predicted molar refractivity (Wildman–Crippen MR) is 70.9 cm³/mol. The third kappa shape index (κ3) is 4.84. The average Bonchev–Trinajstić information content (AvgIpc) is 2.38. The summed E-state index contributed by atoms with van der Waals surface area (Å²) in [6, 6.07) is 6.46. The maximum atomic E-state index is 13.3. The maximum absolute atomic E-state index is 13.3. The number of carbonyl (C=O) groups is 1. The lowest BCUT2D eigenvalue weighted by Crippen LogP contribution is -2.43. The Labute approximate surface area is 108 Å². The minimum absolute atomic E-state index is 0.00890. The molecule has 18 heavy (non-hydrogen) atoms. The zero-order valence-electron chi connectivity index (χ0n) is 11.0. The van der Waals surface area contributed by atoms with Gasteiger partial charge in [0.2, 0.25) is 5.91 Å². The Hall–Kier alpha value is -1.42. The van der Waals surface area contributed by atoms with E-state index in [0.29, 0.717) is 25.1 Å². The highest BCUT2D eigenvalue weighted by molar-refractivity contribution is 5.81. The van der Waals surface area contributed by atoms with Crippen LogP contribution in [0.1, 0.15) is 25.8 Å². The van der Waals surface area contributed by atoms with E-state index in [2.05, 4.69) is 10.6 Å². The van der Waals surface area contributed by atoms with Crippen molar-refractivity contribution < 1.29 is 9.18 Å². The van der Waals surface area contributed by atoms with Gasteiger partial charge in [-0.15, -0.1) is 0 Å². The summed E-state index contributed by atoms with van der Waals surface area (Å²) in [5, 5.41) is 5.90. The van der Waals surface area contributed by atoms with E-state index in [1.165, 1.54) is 6.07 Å². The summed E-state index contributed by atoms with van der Waals surface area (Å²) < 4.78 is 13.3. The number of carbonyl (C=O) groups excluding carboxylic acids is 1. The lowest BCUT2D eigenvalue weighted by Gasteiger charge is -2.13. The van der Waals surface area contributed by atoms with Crippen LogP contribution in [-0.2, 0) is 11.2 Å². The van der Waals surface area contributed by atoms with Gasteiger partial charge in [0, 0.05) is 13.1 Å². The third-order valence-corrected chi connectivity index (χ3v) is 2.75. The number of nitrogens with one attached hydrogen (secondary N) is 2. The van der Waals surface area contributed by atoms with Gasteiger partial charge >= 0.3 is 0 Å². The summed E-state index contributed by atoms with van der Waals surface area (Å²) in [6.45, 7) is 5.10. The van der Waals surface area contributed by atoms with E-state index in [1.807, 2.05) is 19.9 Å². The number of hydrogen-bond donors (Lipinski definition) is 2. The van der Waals surface area contributed by atoms with Gasteiger partial charge in [0.05, 0.1) is 6.04 Å². The van der Waals surface area contributed by atoms with Gasteiger partial charge in [-0.2, -0.15) is 0 Å². The minimum Gasteiger partial charge on any atom is -0.355 e. The summed E-state index contributed by atoms with van der Waals surface area (Å²) in [6.07, 6.45) is 1.51. The quantitative estimate of drug-likeness (QED) is 0.778. The largest absolute Gasteiger partial charge is 0.355 e. The zero-order chi connectivity index (χ0) is 13.4. The molecule has 1 unspecified atom stereocenters. The van der Waals surface area contributed by atoms with Crippen molar-refractivity contribution in [3.05, 3.63) is 35.6 Å². The molecule has 1 rings (SSSR count). The van der Waals surface area contributed by atoms with Crippen molar-refractivity contribution in [2.24, 2.45) is 0 Å². The molecule has 100 valence electrons. The number of halogens is 1. The predicted octanol–water partition coefficient (Wildman–Crippen LogP) is 1.87. The second kappa shape index (κ2) is 7.82. The standard InChI is InChI=1S/C14H21FN2O/c1-3-9-17-14(18)11(2)16-10-8-12-6-4-5-7-13(12)15/h4-7,11,16H,3,8-10H2,1-2H3,(H,17,18). The Balaban J connectivity index is 2.29. The van der Waals surface area contributed by atoms with Gasteiger partial charge in [0.25, 0.3) is 0 Å². The van der Waals surface area contributed by atoms with E-state index < -0.39 is 0 Å². The zero-order valence-corrected chi connectivity index (χ0v) is 11.0. The number of amides is 1. The van der Waals surface area contributed by atoms with Crippen molar-refractivity contribution in [3.63, 3.8) is 0 Å². The van der Waals surface area contributed by atoms with Gasteiger partial charge < -0.3 is 10.6 Å². The van der Waals surface area contributed by atoms with E-state index in [-0.39, 0.29) is 17.8 Å². The van der Waals surface area contributed by atoms with Crippen molar-refractivity contribution in [1.82, 2.24) is 10.6 Å². The van der Waals surface area contributed by atoms with Crippen LogP contribution in [0.4, 0.5) is 4.39 Å². The SMILES string of the molecule is CCCNC(=O)C(C)NCCc1ccccc1F.